The molecule has 16 heavy (non-hydrogen) atoms. The number of hydrogen-bond donors (Lipinski definition) is 1. The first-order valence-corrected chi connectivity index (χ1v) is 5.10. The zero-order chi connectivity index (χ0) is 11.8. The van der Waals surface area contributed by atoms with Gasteiger partial charge < -0.3 is 4.74 Å². The summed E-state index contributed by atoms with van der Waals surface area (Å²) in [4.78, 5) is 10.9. The van der Waals surface area contributed by atoms with Gasteiger partial charge in [0.1, 0.15) is 5.75 Å². The second kappa shape index (κ2) is 6.46. The molecule has 0 radical (unpaired) electrons. The number of carbonyl (C=O) groups is 1. The highest BCUT2D eigenvalue weighted by atomic mass is 16.5. The van der Waals surface area contributed by atoms with Gasteiger partial charge in [-0.25, -0.2) is 0 Å². The molecule has 4 heteroatoms. The molecular weight excluding hydrogens is 204 g/mol. The number of carbonyl (C=O) groups excluding carboxylic acids is 1. The number of rotatable bonds is 5. The number of hydrogen-bond acceptors (Lipinski definition) is 3. The summed E-state index contributed by atoms with van der Waals surface area (Å²) in [7, 11) is 0. The monoisotopic (exact) mass is 218 g/mol. The lowest BCUT2D eigenvalue weighted by molar-refractivity contribution is -0.120. The molecule has 1 N–H and O–H groups in total. The maximum absolute atomic E-state index is 10.9. The molecule has 0 unspecified atom stereocenters. The molecule has 0 saturated carbocycles. The van der Waals surface area contributed by atoms with Gasteiger partial charge in [-0.05, 0) is 25.0 Å². The van der Waals surface area contributed by atoms with Gasteiger partial charge in [-0.2, -0.15) is 5.26 Å². The van der Waals surface area contributed by atoms with Crippen molar-refractivity contribution in [2.24, 2.45) is 0 Å². The zero-order valence-electron chi connectivity index (χ0n) is 9.19. The van der Waals surface area contributed by atoms with Gasteiger partial charge in [0.15, 0.2) is 6.19 Å². The molecule has 0 aliphatic rings. The van der Waals surface area contributed by atoms with Crippen molar-refractivity contribution < 1.29 is 9.53 Å². The first-order valence-electron chi connectivity index (χ1n) is 5.10. The zero-order valence-corrected chi connectivity index (χ0v) is 9.19. The van der Waals surface area contributed by atoms with Crippen molar-refractivity contribution in [1.82, 2.24) is 5.32 Å². The minimum Gasteiger partial charge on any atom is -0.493 e. The number of para-hydroxylation sites is 1. The largest absolute Gasteiger partial charge is 0.493 e. The fraction of sp³-hybridized carbons (Fsp3) is 0.333. The van der Waals surface area contributed by atoms with Gasteiger partial charge >= 0.3 is 0 Å². The summed E-state index contributed by atoms with van der Waals surface area (Å²) in [5.74, 6) is 0.569. The van der Waals surface area contributed by atoms with E-state index in [0.29, 0.717) is 19.4 Å². The summed E-state index contributed by atoms with van der Waals surface area (Å²) in [6, 6.07) is 7.72. The molecule has 0 saturated heterocycles. The van der Waals surface area contributed by atoms with E-state index in [9.17, 15) is 4.79 Å². The van der Waals surface area contributed by atoms with Crippen molar-refractivity contribution in [2.75, 3.05) is 6.61 Å². The van der Waals surface area contributed by atoms with Crippen LogP contribution in [0, 0.1) is 18.4 Å². The highest BCUT2D eigenvalue weighted by molar-refractivity contribution is 5.77. The molecule has 0 atom stereocenters. The van der Waals surface area contributed by atoms with E-state index in [0.717, 1.165) is 11.3 Å². The number of aryl methyl sites for hydroxylation is 1. The lowest BCUT2D eigenvalue weighted by atomic mass is 10.2. The summed E-state index contributed by atoms with van der Waals surface area (Å²) in [5, 5.41) is 10.3. The van der Waals surface area contributed by atoms with Gasteiger partial charge in [-0.1, -0.05) is 18.2 Å². The smallest absolute Gasteiger partial charge is 0.233 e. The summed E-state index contributed by atoms with van der Waals surface area (Å²) >= 11 is 0. The highest BCUT2D eigenvalue weighted by Crippen LogP contribution is 2.16. The predicted octanol–water partition coefficient (Wildman–Crippen LogP) is 1.75. The van der Waals surface area contributed by atoms with Gasteiger partial charge in [0, 0.05) is 6.42 Å². The van der Waals surface area contributed by atoms with Gasteiger partial charge in [0.2, 0.25) is 5.91 Å². The Morgan fingerprint density at radius 2 is 2.25 bits per heavy atom. The fourth-order valence-corrected chi connectivity index (χ4v) is 1.26. The maximum atomic E-state index is 10.9. The molecule has 0 fully saturated rings. The summed E-state index contributed by atoms with van der Waals surface area (Å²) in [5.41, 5.74) is 1.07. The third-order valence-corrected chi connectivity index (χ3v) is 2.09. The Bertz CT molecular complexity index is 396. The van der Waals surface area contributed by atoms with Crippen LogP contribution in [-0.4, -0.2) is 12.5 Å². The predicted molar refractivity (Wildman–Crippen MR) is 59.7 cm³/mol. The Morgan fingerprint density at radius 3 is 2.94 bits per heavy atom. The molecule has 0 aromatic heterocycles. The van der Waals surface area contributed by atoms with Crippen LogP contribution in [0.5, 0.6) is 5.75 Å². The Labute approximate surface area is 94.8 Å². The minimum atomic E-state index is -0.268. The highest BCUT2D eigenvalue weighted by Gasteiger charge is 2.01. The summed E-state index contributed by atoms with van der Waals surface area (Å²) in [6.07, 6.45) is 2.50. The molecule has 1 aromatic carbocycles. The van der Waals surface area contributed by atoms with E-state index in [4.69, 9.17) is 10.00 Å². The first kappa shape index (κ1) is 12.1. The molecule has 84 valence electrons. The maximum Gasteiger partial charge on any atom is 0.233 e. The van der Waals surface area contributed by atoms with Crippen LogP contribution in [0.3, 0.4) is 0 Å². The second-order valence-electron chi connectivity index (χ2n) is 3.38. The number of nitrogens with one attached hydrogen (secondary N) is 1. The van der Waals surface area contributed by atoms with Gasteiger partial charge in [0.05, 0.1) is 6.61 Å². The van der Waals surface area contributed by atoms with E-state index in [1.165, 1.54) is 0 Å². The molecule has 4 nitrogen and oxygen atoms in total. The van der Waals surface area contributed by atoms with Crippen LogP contribution < -0.4 is 10.1 Å². The molecule has 1 rings (SSSR count). The first-order chi connectivity index (χ1) is 7.74. The topological polar surface area (TPSA) is 62.1 Å². The van der Waals surface area contributed by atoms with Crippen molar-refractivity contribution in [1.29, 1.82) is 5.26 Å². The average molecular weight is 218 g/mol. The number of nitriles is 1. The number of ether oxygens (including phenoxy) is 1. The fourth-order valence-electron chi connectivity index (χ4n) is 1.26. The SMILES string of the molecule is Cc1ccccc1OCCCC(=O)NC#N. The normalized spacial score (nSPS) is 9.25. The molecule has 0 heterocycles. The quantitative estimate of drug-likeness (QED) is 0.465. The van der Waals surface area contributed by atoms with Gasteiger partial charge in [0.25, 0.3) is 0 Å². The Balaban J connectivity index is 2.24. The minimum absolute atomic E-state index is 0.268. The number of amides is 1. The van der Waals surface area contributed by atoms with E-state index in [-0.39, 0.29) is 5.91 Å². The van der Waals surface area contributed by atoms with Crippen molar-refractivity contribution in [3.63, 3.8) is 0 Å². The van der Waals surface area contributed by atoms with E-state index in [1.54, 1.807) is 6.19 Å². The third-order valence-electron chi connectivity index (χ3n) is 2.09. The standard InChI is InChI=1S/C12H14N2O2/c1-10-5-2-3-6-11(10)16-8-4-7-12(15)14-9-13/h2-3,5-6H,4,7-8H2,1H3,(H,14,15). The molecule has 0 aliphatic heterocycles. The van der Waals surface area contributed by atoms with Crippen LogP contribution in [0.15, 0.2) is 24.3 Å². The van der Waals surface area contributed by atoms with Crippen molar-refractivity contribution >= 4 is 5.91 Å². The van der Waals surface area contributed by atoms with Crippen LogP contribution in [-0.2, 0) is 4.79 Å². The van der Waals surface area contributed by atoms with Crippen LogP contribution in [0.25, 0.3) is 0 Å². The molecule has 1 aromatic rings. The molecular formula is C12H14N2O2. The van der Waals surface area contributed by atoms with Crippen molar-refractivity contribution in [3.05, 3.63) is 29.8 Å². The molecule has 1 amide bonds. The Hall–Kier alpha value is -2.02. The number of nitrogens with zero attached hydrogens (tertiary/aromatic N) is 1. The van der Waals surface area contributed by atoms with Crippen molar-refractivity contribution in [3.8, 4) is 11.9 Å². The van der Waals surface area contributed by atoms with Crippen LogP contribution in [0.1, 0.15) is 18.4 Å². The lowest BCUT2D eigenvalue weighted by Crippen LogP contribution is -2.17. The van der Waals surface area contributed by atoms with E-state index < -0.39 is 0 Å². The van der Waals surface area contributed by atoms with Crippen LogP contribution >= 0.6 is 0 Å². The van der Waals surface area contributed by atoms with E-state index >= 15 is 0 Å². The van der Waals surface area contributed by atoms with E-state index in [1.807, 2.05) is 31.2 Å². The van der Waals surface area contributed by atoms with Gasteiger partial charge in [-0.3, -0.25) is 10.1 Å². The molecule has 0 spiro atoms. The van der Waals surface area contributed by atoms with E-state index in [2.05, 4.69) is 5.32 Å². The second-order valence-corrected chi connectivity index (χ2v) is 3.38. The van der Waals surface area contributed by atoms with Crippen molar-refractivity contribution in [2.45, 2.75) is 19.8 Å². The van der Waals surface area contributed by atoms with Crippen LogP contribution in [0.4, 0.5) is 0 Å². The molecule has 0 bridgehead atoms. The Morgan fingerprint density at radius 1 is 1.50 bits per heavy atom. The van der Waals surface area contributed by atoms with Gasteiger partial charge in [-0.15, -0.1) is 0 Å². The Kier molecular flexibility index (Phi) is 4.87. The molecule has 0 aliphatic carbocycles. The van der Waals surface area contributed by atoms with Crippen LogP contribution in [0.2, 0.25) is 0 Å². The lowest BCUT2D eigenvalue weighted by Gasteiger charge is -2.07. The average Bonchev–Trinajstić information content (AvgIpc) is 2.27. The number of benzene rings is 1. The third kappa shape index (κ3) is 4.01. The summed E-state index contributed by atoms with van der Waals surface area (Å²) in [6.45, 7) is 2.45. The summed E-state index contributed by atoms with van der Waals surface area (Å²) < 4.78 is 5.50.